The normalized spacial score (nSPS) is 12.1. The highest BCUT2D eigenvalue weighted by atomic mass is 14.9. The molecule has 0 radical (unpaired) electrons. The van der Waals surface area contributed by atoms with E-state index in [0.29, 0.717) is 0 Å². The van der Waals surface area contributed by atoms with Gasteiger partial charge in [-0.05, 0) is 20.3 Å². The summed E-state index contributed by atoms with van der Waals surface area (Å²) in [5.74, 6) is 1.62. The molecule has 0 saturated carbocycles. The minimum atomic E-state index is -0.144. The van der Waals surface area contributed by atoms with Crippen LogP contribution in [0, 0.1) is 22.7 Å². The average Bonchev–Trinajstić information content (AvgIpc) is 3.58. The summed E-state index contributed by atoms with van der Waals surface area (Å²) in [5, 5.41) is 17.6. The summed E-state index contributed by atoms with van der Waals surface area (Å²) in [6, 6.07) is 14.3. The summed E-state index contributed by atoms with van der Waals surface area (Å²) in [6.45, 7) is 6.01. The maximum absolute atomic E-state index is 8.85. The van der Waals surface area contributed by atoms with Crippen molar-refractivity contribution in [1.82, 2.24) is 19.9 Å². The number of imidazole rings is 2. The summed E-state index contributed by atoms with van der Waals surface area (Å²) >= 11 is 0. The van der Waals surface area contributed by atoms with E-state index in [4.69, 9.17) is 10.5 Å². The zero-order valence-corrected chi connectivity index (χ0v) is 21.6. The molecule has 2 heterocycles. The number of hydrogen-bond acceptors (Lipinski definition) is 4. The second-order valence-electron chi connectivity index (χ2n) is 9.12. The van der Waals surface area contributed by atoms with Gasteiger partial charge >= 0.3 is 0 Å². The van der Waals surface area contributed by atoms with Gasteiger partial charge in [0.1, 0.15) is 11.6 Å². The van der Waals surface area contributed by atoms with Gasteiger partial charge in [-0.25, -0.2) is 9.97 Å². The smallest absolute Gasteiger partial charge is 0.137 e. The van der Waals surface area contributed by atoms with Crippen LogP contribution < -0.4 is 0 Å². The zero-order valence-electron chi connectivity index (χ0n) is 21.6. The van der Waals surface area contributed by atoms with E-state index in [1.54, 1.807) is 12.4 Å². The fourth-order valence-corrected chi connectivity index (χ4v) is 3.77. The summed E-state index contributed by atoms with van der Waals surface area (Å²) in [6.07, 6.45) is 16.7. The Balaban J connectivity index is 0.000000256. The number of aromatic amines is 2. The second-order valence-corrected chi connectivity index (χ2v) is 9.12. The van der Waals surface area contributed by atoms with Crippen LogP contribution in [-0.4, -0.2) is 19.9 Å². The Hall–Kier alpha value is -3.38. The molecule has 2 N–H and O–H groups in total. The molecule has 0 saturated heterocycles. The Morgan fingerprint density at radius 3 is 1.89 bits per heavy atom. The molecule has 0 aliphatic heterocycles. The third-order valence-corrected chi connectivity index (χ3v) is 6.13. The van der Waals surface area contributed by atoms with Gasteiger partial charge in [0.25, 0.3) is 0 Å². The molecule has 0 fully saturated rings. The summed E-state index contributed by atoms with van der Waals surface area (Å²) in [7, 11) is 0. The van der Waals surface area contributed by atoms with Crippen LogP contribution in [0.1, 0.15) is 108 Å². The first kappa shape index (κ1) is 27.9. The minimum absolute atomic E-state index is 0.0839. The molecule has 2 unspecified atom stereocenters. The van der Waals surface area contributed by atoms with Crippen LogP contribution in [0.3, 0.4) is 0 Å². The van der Waals surface area contributed by atoms with Crippen molar-refractivity contribution in [3.8, 4) is 23.5 Å². The largest absolute Gasteiger partial charge is 0.345 e. The molecule has 3 aromatic rings. The van der Waals surface area contributed by atoms with Crippen molar-refractivity contribution in [3.63, 3.8) is 0 Å². The number of rotatable bonds is 13. The third kappa shape index (κ3) is 10.2. The number of nitriles is 2. The van der Waals surface area contributed by atoms with Crippen molar-refractivity contribution >= 4 is 0 Å². The maximum atomic E-state index is 8.85. The van der Waals surface area contributed by atoms with Crippen LogP contribution in [0.4, 0.5) is 0 Å². The van der Waals surface area contributed by atoms with Crippen LogP contribution >= 0.6 is 0 Å². The first-order valence-corrected chi connectivity index (χ1v) is 13.0. The quantitative estimate of drug-likeness (QED) is 0.247. The van der Waals surface area contributed by atoms with Crippen LogP contribution in [-0.2, 0) is 6.42 Å². The van der Waals surface area contributed by atoms with E-state index in [-0.39, 0.29) is 11.8 Å². The van der Waals surface area contributed by atoms with Crippen molar-refractivity contribution in [2.24, 2.45) is 0 Å². The van der Waals surface area contributed by atoms with E-state index >= 15 is 0 Å². The number of nitrogens with one attached hydrogen (secondary N) is 2. The van der Waals surface area contributed by atoms with Crippen molar-refractivity contribution in [3.05, 3.63) is 59.9 Å². The van der Waals surface area contributed by atoms with Crippen molar-refractivity contribution < 1.29 is 0 Å². The predicted octanol–water partition coefficient (Wildman–Crippen LogP) is 7.81. The number of nitrogens with zero attached hydrogens (tertiary/aromatic N) is 4. The monoisotopic (exact) mass is 472 g/mol. The van der Waals surface area contributed by atoms with Gasteiger partial charge in [-0.15, -0.1) is 0 Å². The average molecular weight is 473 g/mol. The molecule has 0 spiro atoms. The Kier molecular flexibility index (Phi) is 13.0. The van der Waals surface area contributed by atoms with Crippen molar-refractivity contribution in [1.29, 1.82) is 10.5 Å². The van der Waals surface area contributed by atoms with Crippen LogP contribution in [0.5, 0.6) is 0 Å². The Morgan fingerprint density at radius 1 is 0.743 bits per heavy atom. The molecule has 0 bridgehead atoms. The van der Waals surface area contributed by atoms with Crippen LogP contribution in [0.25, 0.3) is 11.4 Å². The highest BCUT2D eigenvalue weighted by Gasteiger charge is 2.09. The Bertz CT molecular complexity index is 1040. The van der Waals surface area contributed by atoms with Gasteiger partial charge < -0.3 is 9.97 Å². The van der Waals surface area contributed by atoms with E-state index in [0.717, 1.165) is 35.0 Å². The number of aryl methyl sites for hydroxylation is 1. The van der Waals surface area contributed by atoms with Gasteiger partial charge in [0.15, 0.2) is 0 Å². The first-order valence-electron chi connectivity index (χ1n) is 13.0. The van der Waals surface area contributed by atoms with Crippen LogP contribution in [0.2, 0.25) is 0 Å². The molecular weight excluding hydrogens is 432 g/mol. The molecule has 2 atom stereocenters. The number of unbranched alkanes of at least 4 members (excludes halogenated alkanes) is 8. The van der Waals surface area contributed by atoms with E-state index in [2.05, 4.69) is 39.0 Å². The van der Waals surface area contributed by atoms with Gasteiger partial charge in [-0.3, -0.25) is 0 Å². The van der Waals surface area contributed by atoms with E-state index < -0.39 is 0 Å². The number of hydrogen-bond donors (Lipinski definition) is 2. The SMILES string of the molecule is CC(C#N)c1cnc(-c2ccccc2)[nH]1.CCCCCCCCCCCc1ncc(C(C)C#N)[nH]1. The van der Waals surface area contributed by atoms with Gasteiger partial charge in [-0.2, -0.15) is 10.5 Å². The highest BCUT2D eigenvalue weighted by molar-refractivity contribution is 5.54. The van der Waals surface area contributed by atoms with Gasteiger partial charge in [0, 0.05) is 24.4 Å². The number of aromatic nitrogens is 4. The molecule has 3 rings (SSSR count). The maximum Gasteiger partial charge on any atom is 0.137 e. The zero-order chi connectivity index (χ0) is 25.3. The predicted molar refractivity (Wildman–Crippen MR) is 142 cm³/mol. The number of H-pyrrole nitrogens is 2. The van der Waals surface area contributed by atoms with Gasteiger partial charge in [0.05, 0.1) is 35.4 Å². The topological polar surface area (TPSA) is 105 Å². The highest BCUT2D eigenvalue weighted by Crippen LogP contribution is 2.18. The molecule has 6 nitrogen and oxygen atoms in total. The Labute approximate surface area is 210 Å². The summed E-state index contributed by atoms with van der Waals surface area (Å²) in [4.78, 5) is 15.0. The third-order valence-electron chi connectivity index (χ3n) is 6.13. The lowest BCUT2D eigenvalue weighted by atomic mass is 10.1. The lowest BCUT2D eigenvalue weighted by Crippen LogP contribution is -1.92. The molecule has 186 valence electrons. The molecule has 0 aliphatic rings. The second kappa shape index (κ2) is 16.3. The first-order chi connectivity index (χ1) is 17.1. The fraction of sp³-hybridized carbons (Fsp3) is 0.517. The van der Waals surface area contributed by atoms with E-state index in [1.807, 2.05) is 44.2 Å². The Morgan fingerprint density at radius 2 is 1.29 bits per heavy atom. The summed E-state index contributed by atoms with van der Waals surface area (Å²) < 4.78 is 0. The standard InChI is InChI=1S/C17H29N3.C12H11N3/c1-3-4-5-6-7-8-9-10-11-12-17-19-14-16(20-17)15(2)13-18;1-9(7-13)11-8-14-12(15-11)10-5-3-2-4-6-10/h14-15H,3-12H2,1-2H3,(H,19,20);2-6,8-9H,1H3,(H,14,15). The van der Waals surface area contributed by atoms with Gasteiger partial charge in [0.2, 0.25) is 0 Å². The lowest BCUT2D eigenvalue weighted by molar-refractivity contribution is 0.562. The minimum Gasteiger partial charge on any atom is -0.345 e. The van der Waals surface area contributed by atoms with E-state index in [9.17, 15) is 0 Å². The molecule has 2 aromatic heterocycles. The van der Waals surface area contributed by atoms with Gasteiger partial charge in [-0.1, -0.05) is 88.6 Å². The molecule has 0 amide bonds. The fourth-order valence-electron chi connectivity index (χ4n) is 3.77. The molecular formula is C29H40N6. The van der Waals surface area contributed by atoms with Crippen molar-refractivity contribution in [2.75, 3.05) is 0 Å². The molecule has 0 aliphatic carbocycles. The summed E-state index contributed by atoms with van der Waals surface area (Å²) in [5.41, 5.74) is 2.84. The lowest BCUT2D eigenvalue weighted by Gasteiger charge is -2.01. The van der Waals surface area contributed by atoms with Crippen LogP contribution in [0.15, 0.2) is 42.7 Å². The molecule has 35 heavy (non-hydrogen) atoms. The van der Waals surface area contributed by atoms with Crippen molar-refractivity contribution in [2.45, 2.75) is 96.8 Å². The molecule has 6 heteroatoms. The molecule has 1 aromatic carbocycles. The van der Waals surface area contributed by atoms with E-state index in [1.165, 1.54) is 57.8 Å². The number of benzene rings is 1.